The van der Waals surface area contributed by atoms with E-state index < -0.39 is 0 Å². The fourth-order valence-corrected chi connectivity index (χ4v) is 2.73. The van der Waals surface area contributed by atoms with Gasteiger partial charge in [0, 0.05) is 31.5 Å². The number of ketones is 1. The Bertz CT molecular complexity index is 516. The second-order valence-electron chi connectivity index (χ2n) is 6.00. The third-order valence-corrected chi connectivity index (χ3v) is 4.05. The first-order chi connectivity index (χ1) is 10.5. The number of benzene rings is 1. The minimum atomic E-state index is -0.353. The molecule has 1 amide bonds. The van der Waals surface area contributed by atoms with Crippen molar-refractivity contribution >= 4 is 11.7 Å². The second-order valence-corrected chi connectivity index (χ2v) is 6.00. The molecular weight excluding hydrogens is 283 g/mol. The molecule has 0 radical (unpaired) electrons. The summed E-state index contributed by atoms with van der Waals surface area (Å²) >= 11 is 0. The SMILES string of the molecule is CN1CC[C@H](CNC(=O)CCCC(=O)c2ccc(F)cc2)C1. The molecule has 1 heterocycles. The van der Waals surface area contributed by atoms with Crippen LogP contribution in [0.2, 0.25) is 0 Å². The largest absolute Gasteiger partial charge is 0.356 e. The molecule has 1 fully saturated rings. The Kier molecular flexibility index (Phi) is 6.07. The number of rotatable bonds is 7. The van der Waals surface area contributed by atoms with Crippen LogP contribution < -0.4 is 5.32 Å². The van der Waals surface area contributed by atoms with E-state index in [0.29, 0.717) is 30.7 Å². The molecule has 2 rings (SSSR count). The molecule has 1 aliphatic rings. The van der Waals surface area contributed by atoms with Gasteiger partial charge in [-0.1, -0.05) is 0 Å². The van der Waals surface area contributed by atoms with Gasteiger partial charge in [0.15, 0.2) is 5.78 Å². The maximum absolute atomic E-state index is 12.8. The third-order valence-electron chi connectivity index (χ3n) is 4.05. The van der Waals surface area contributed by atoms with E-state index in [1.807, 2.05) is 0 Å². The molecule has 4 nitrogen and oxygen atoms in total. The minimum Gasteiger partial charge on any atom is -0.356 e. The van der Waals surface area contributed by atoms with E-state index in [4.69, 9.17) is 0 Å². The average Bonchev–Trinajstić information content (AvgIpc) is 2.91. The van der Waals surface area contributed by atoms with Crippen molar-refractivity contribution < 1.29 is 14.0 Å². The first-order valence-corrected chi connectivity index (χ1v) is 7.78. The zero-order valence-electron chi connectivity index (χ0n) is 13.0. The fourth-order valence-electron chi connectivity index (χ4n) is 2.73. The molecule has 0 unspecified atom stereocenters. The maximum Gasteiger partial charge on any atom is 0.220 e. The van der Waals surface area contributed by atoms with Crippen LogP contribution in [-0.4, -0.2) is 43.3 Å². The Morgan fingerprint density at radius 1 is 1.27 bits per heavy atom. The highest BCUT2D eigenvalue weighted by Crippen LogP contribution is 2.13. The average molecular weight is 306 g/mol. The third kappa shape index (κ3) is 5.22. The van der Waals surface area contributed by atoms with Gasteiger partial charge in [-0.3, -0.25) is 9.59 Å². The van der Waals surface area contributed by atoms with Gasteiger partial charge in [-0.15, -0.1) is 0 Å². The van der Waals surface area contributed by atoms with Crippen LogP contribution in [-0.2, 0) is 4.79 Å². The summed E-state index contributed by atoms with van der Waals surface area (Å²) in [5.41, 5.74) is 0.496. The molecule has 1 atom stereocenters. The number of likely N-dealkylation sites (tertiary alicyclic amines) is 1. The van der Waals surface area contributed by atoms with E-state index in [-0.39, 0.29) is 17.5 Å². The van der Waals surface area contributed by atoms with Gasteiger partial charge in [0.05, 0.1) is 0 Å². The molecule has 22 heavy (non-hydrogen) atoms. The summed E-state index contributed by atoms with van der Waals surface area (Å²) < 4.78 is 12.8. The van der Waals surface area contributed by atoms with E-state index >= 15 is 0 Å². The number of halogens is 1. The molecule has 120 valence electrons. The number of nitrogens with one attached hydrogen (secondary N) is 1. The minimum absolute atomic E-state index is 0.00135. The van der Waals surface area contributed by atoms with Gasteiger partial charge >= 0.3 is 0 Å². The number of carbonyl (C=O) groups excluding carboxylic acids is 2. The zero-order chi connectivity index (χ0) is 15.9. The van der Waals surface area contributed by atoms with Gasteiger partial charge in [-0.25, -0.2) is 4.39 Å². The van der Waals surface area contributed by atoms with Crippen LogP contribution in [0.15, 0.2) is 24.3 Å². The smallest absolute Gasteiger partial charge is 0.220 e. The number of Topliss-reactive ketones (excluding diaryl/α,β-unsaturated/α-hetero) is 1. The van der Waals surface area contributed by atoms with E-state index in [9.17, 15) is 14.0 Å². The molecular formula is C17H23FN2O2. The number of nitrogens with zero attached hydrogens (tertiary/aromatic N) is 1. The van der Waals surface area contributed by atoms with E-state index in [0.717, 1.165) is 26.1 Å². The van der Waals surface area contributed by atoms with E-state index in [2.05, 4.69) is 17.3 Å². The fraction of sp³-hybridized carbons (Fsp3) is 0.529. The lowest BCUT2D eigenvalue weighted by atomic mass is 10.1. The summed E-state index contributed by atoms with van der Waals surface area (Å²) in [6.45, 7) is 2.84. The summed E-state index contributed by atoms with van der Waals surface area (Å²) in [7, 11) is 2.09. The molecule has 1 N–H and O–H groups in total. The Labute approximate surface area is 130 Å². The zero-order valence-corrected chi connectivity index (χ0v) is 13.0. The first-order valence-electron chi connectivity index (χ1n) is 7.78. The molecule has 0 spiro atoms. The molecule has 0 bridgehead atoms. The maximum atomic E-state index is 12.8. The summed E-state index contributed by atoms with van der Waals surface area (Å²) in [6.07, 6.45) is 2.31. The lowest BCUT2D eigenvalue weighted by Crippen LogP contribution is -2.30. The summed E-state index contributed by atoms with van der Waals surface area (Å²) in [6, 6.07) is 5.51. The van der Waals surface area contributed by atoms with Crippen molar-refractivity contribution in [3.8, 4) is 0 Å². The number of amides is 1. The van der Waals surface area contributed by atoms with E-state index in [1.165, 1.54) is 24.3 Å². The molecule has 1 saturated heterocycles. The van der Waals surface area contributed by atoms with Crippen molar-refractivity contribution in [3.05, 3.63) is 35.6 Å². The Morgan fingerprint density at radius 2 is 2.00 bits per heavy atom. The molecule has 1 aromatic rings. The first kappa shape index (κ1) is 16.6. The van der Waals surface area contributed by atoms with Crippen molar-refractivity contribution in [2.45, 2.75) is 25.7 Å². The molecule has 0 aliphatic carbocycles. The van der Waals surface area contributed by atoms with Gasteiger partial charge in [0.25, 0.3) is 0 Å². The Hall–Kier alpha value is -1.75. The second kappa shape index (κ2) is 8.03. The number of hydrogen-bond donors (Lipinski definition) is 1. The van der Waals surface area contributed by atoms with Crippen molar-refractivity contribution in [2.75, 3.05) is 26.7 Å². The van der Waals surface area contributed by atoms with Gasteiger partial charge in [0.2, 0.25) is 5.91 Å². The number of hydrogen-bond acceptors (Lipinski definition) is 3. The topological polar surface area (TPSA) is 49.4 Å². The molecule has 1 aliphatic heterocycles. The lowest BCUT2D eigenvalue weighted by Gasteiger charge is -2.11. The predicted octanol–water partition coefficient (Wildman–Crippen LogP) is 2.25. The normalized spacial score (nSPS) is 18.4. The Balaban J connectivity index is 1.62. The quantitative estimate of drug-likeness (QED) is 0.786. The number of carbonyl (C=O) groups is 2. The molecule has 0 saturated carbocycles. The highest BCUT2D eigenvalue weighted by atomic mass is 19.1. The predicted molar refractivity (Wildman–Crippen MR) is 83.2 cm³/mol. The van der Waals surface area contributed by atoms with Crippen molar-refractivity contribution in [3.63, 3.8) is 0 Å². The van der Waals surface area contributed by atoms with Gasteiger partial charge < -0.3 is 10.2 Å². The highest BCUT2D eigenvalue weighted by Gasteiger charge is 2.19. The lowest BCUT2D eigenvalue weighted by molar-refractivity contribution is -0.121. The standard InChI is InChI=1S/C17H23FN2O2/c1-20-10-9-13(12-20)11-19-17(22)4-2-3-16(21)14-5-7-15(18)8-6-14/h5-8,13H,2-4,9-12H2,1H3,(H,19,22)/t13-/m1/s1. The Morgan fingerprint density at radius 3 is 2.64 bits per heavy atom. The van der Waals surface area contributed by atoms with Crippen LogP contribution in [0.5, 0.6) is 0 Å². The van der Waals surface area contributed by atoms with Crippen molar-refractivity contribution in [1.29, 1.82) is 0 Å². The monoisotopic (exact) mass is 306 g/mol. The van der Waals surface area contributed by atoms with E-state index in [1.54, 1.807) is 0 Å². The van der Waals surface area contributed by atoms with Crippen LogP contribution in [0.3, 0.4) is 0 Å². The van der Waals surface area contributed by atoms with Crippen molar-refractivity contribution in [2.24, 2.45) is 5.92 Å². The van der Waals surface area contributed by atoms with Crippen molar-refractivity contribution in [1.82, 2.24) is 10.2 Å². The molecule has 0 aromatic heterocycles. The summed E-state index contributed by atoms with van der Waals surface area (Å²) in [5.74, 6) is 0.134. The molecule has 1 aromatic carbocycles. The summed E-state index contributed by atoms with van der Waals surface area (Å²) in [5, 5.41) is 2.94. The summed E-state index contributed by atoms with van der Waals surface area (Å²) in [4.78, 5) is 25.9. The van der Waals surface area contributed by atoms with Gasteiger partial charge in [-0.05, 0) is 56.6 Å². The van der Waals surface area contributed by atoms with Crippen LogP contribution in [0.25, 0.3) is 0 Å². The van der Waals surface area contributed by atoms with Crippen LogP contribution >= 0.6 is 0 Å². The molecule has 5 heteroatoms. The van der Waals surface area contributed by atoms with Crippen LogP contribution in [0.4, 0.5) is 4.39 Å². The van der Waals surface area contributed by atoms with Gasteiger partial charge in [-0.2, -0.15) is 0 Å². The van der Waals surface area contributed by atoms with Crippen LogP contribution in [0.1, 0.15) is 36.0 Å². The van der Waals surface area contributed by atoms with Crippen LogP contribution in [0, 0.1) is 11.7 Å². The van der Waals surface area contributed by atoms with Gasteiger partial charge in [0.1, 0.15) is 5.82 Å². The highest BCUT2D eigenvalue weighted by molar-refractivity contribution is 5.96.